The SMILES string of the molecule is Cc1ccc(C(=O)Nc2nc(-c3ccc(F)cc3)c(C)s2)s1. The predicted octanol–water partition coefficient (Wildman–Crippen LogP) is 4.88. The van der Waals surface area contributed by atoms with Crippen LogP contribution in [0.15, 0.2) is 36.4 Å². The fraction of sp³-hybridized carbons (Fsp3) is 0.125. The zero-order chi connectivity index (χ0) is 15.7. The second-order valence-electron chi connectivity index (χ2n) is 4.80. The summed E-state index contributed by atoms with van der Waals surface area (Å²) in [6, 6.07) is 9.89. The van der Waals surface area contributed by atoms with Gasteiger partial charge < -0.3 is 0 Å². The van der Waals surface area contributed by atoms with Crippen LogP contribution in [0.4, 0.5) is 9.52 Å². The number of aryl methyl sites for hydroxylation is 2. The number of hydrogen-bond donors (Lipinski definition) is 1. The lowest BCUT2D eigenvalue weighted by Crippen LogP contribution is -2.09. The van der Waals surface area contributed by atoms with E-state index in [0.717, 1.165) is 21.0 Å². The maximum atomic E-state index is 13.0. The fourth-order valence-electron chi connectivity index (χ4n) is 2.04. The van der Waals surface area contributed by atoms with Crippen LogP contribution in [-0.2, 0) is 0 Å². The molecule has 6 heteroatoms. The van der Waals surface area contributed by atoms with Crippen LogP contribution >= 0.6 is 22.7 Å². The van der Waals surface area contributed by atoms with Gasteiger partial charge in [-0.1, -0.05) is 0 Å². The monoisotopic (exact) mass is 332 g/mol. The third-order valence-electron chi connectivity index (χ3n) is 3.10. The molecule has 3 nitrogen and oxygen atoms in total. The third-order valence-corrected chi connectivity index (χ3v) is 4.98. The van der Waals surface area contributed by atoms with E-state index in [9.17, 15) is 9.18 Å². The molecule has 1 amide bonds. The first-order valence-electron chi connectivity index (χ1n) is 6.64. The molecular formula is C16H13FN2OS2. The molecule has 0 atom stereocenters. The zero-order valence-electron chi connectivity index (χ0n) is 12.0. The smallest absolute Gasteiger partial charge is 0.267 e. The number of thiophene rings is 1. The molecule has 2 heterocycles. The number of thiazole rings is 1. The number of carbonyl (C=O) groups excluding carboxylic acids is 1. The number of rotatable bonds is 3. The van der Waals surface area contributed by atoms with Gasteiger partial charge in [-0.25, -0.2) is 9.37 Å². The summed E-state index contributed by atoms with van der Waals surface area (Å²) >= 11 is 2.86. The minimum absolute atomic E-state index is 0.155. The largest absolute Gasteiger partial charge is 0.297 e. The Bertz CT molecular complexity index is 821. The molecule has 1 aromatic carbocycles. The van der Waals surface area contributed by atoms with Crippen molar-refractivity contribution in [3.8, 4) is 11.3 Å². The van der Waals surface area contributed by atoms with Crippen molar-refractivity contribution in [2.24, 2.45) is 0 Å². The van der Waals surface area contributed by atoms with Crippen molar-refractivity contribution in [3.05, 3.63) is 56.8 Å². The Hall–Kier alpha value is -2.05. The number of halogens is 1. The average molecular weight is 332 g/mol. The number of aromatic nitrogens is 1. The van der Waals surface area contributed by atoms with Crippen molar-refractivity contribution >= 4 is 33.7 Å². The standard InChI is InChI=1S/C16H13FN2OS2/c1-9-3-8-13(21-9)15(20)19-16-18-14(10(2)22-16)11-4-6-12(17)7-5-11/h3-8H,1-2H3,(H,18,19,20). The summed E-state index contributed by atoms with van der Waals surface area (Å²) in [7, 11) is 0. The highest BCUT2D eigenvalue weighted by molar-refractivity contribution is 7.16. The fourth-order valence-corrected chi connectivity index (χ4v) is 3.63. The van der Waals surface area contributed by atoms with Gasteiger partial charge in [0.15, 0.2) is 5.13 Å². The number of nitrogens with one attached hydrogen (secondary N) is 1. The molecule has 0 spiro atoms. The van der Waals surface area contributed by atoms with Crippen molar-refractivity contribution in [3.63, 3.8) is 0 Å². The van der Waals surface area contributed by atoms with Gasteiger partial charge in [-0.2, -0.15) is 0 Å². The molecule has 3 rings (SSSR count). The first-order chi connectivity index (χ1) is 10.5. The van der Waals surface area contributed by atoms with Crippen LogP contribution in [0.3, 0.4) is 0 Å². The van der Waals surface area contributed by atoms with Crippen molar-refractivity contribution in [1.82, 2.24) is 4.98 Å². The quantitative estimate of drug-likeness (QED) is 0.743. The van der Waals surface area contributed by atoms with Crippen molar-refractivity contribution in [2.75, 3.05) is 5.32 Å². The zero-order valence-corrected chi connectivity index (χ0v) is 13.6. The Labute approximate surface area is 135 Å². The van der Waals surface area contributed by atoms with E-state index in [0.29, 0.717) is 10.0 Å². The number of nitrogens with zero attached hydrogens (tertiary/aromatic N) is 1. The second kappa shape index (κ2) is 5.98. The van der Waals surface area contributed by atoms with Gasteiger partial charge in [0.05, 0.1) is 10.6 Å². The average Bonchev–Trinajstić information content (AvgIpc) is 3.06. The van der Waals surface area contributed by atoms with E-state index in [2.05, 4.69) is 10.3 Å². The van der Waals surface area contributed by atoms with Crippen LogP contribution in [0.25, 0.3) is 11.3 Å². The van der Waals surface area contributed by atoms with E-state index < -0.39 is 0 Å². The topological polar surface area (TPSA) is 42.0 Å². The van der Waals surface area contributed by atoms with E-state index >= 15 is 0 Å². The molecule has 1 N–H and O–H groups in total. The van der Waals surface area contributed by atoms with Gasteiger partial charge in [0.1, 0.15) is 5.82 Å². The first kappa shape index (κ1) is 14.9. The van der Waals surface area contributed by atoms with Crippen molar-refractivity contribution in [1.29, 1.82) is 0 Å². The summed E-state index contributed by atoms with van der Waals surface area (Å²) in [5, 5.41) is 3.37. The molecule has 0 bridgehead atoms. The van der Waals surface area contributed by atoms with E-state index in [4.69, 9.17) is 0 Å². The summed E-state index contributed by atoms with van der Waals surface area (Å²) in [6.45, 7) is 3.89. The lowest BCUT2D eigenvalue weighted by atomic mass is 10.1. The molecule has 0 fully saturated rings. The summed E-state index contributed by atoms with van der Waals surface area (Å²) < 4.78 is 13.0. The summed E-state index contributed by atoms with van der Waals surface area (Å²) in [5.74, 6) is -0.435. The maximum Gasteiger partial charge on any atom is 0.267 e. The molecule has 0 saturated carbocycles. The highest BCUT2D eigenvalue weighted by Gasteiger charge is 2.14. The molecular weight excluding hydrogens is 319 g/mol. The summed E-state index contributed by atoms with van der Waals surface area (Å²) in [4.78, 5) is 19.3. The Balaban J connectivity index is 1.83. The van der Waals surface area contributed by atoms with Gasteiger partial charge in [-0.05, 0) is 50.2 Å². The number of anilines is 1. The molecule has 0 radical (unpaired) electrons. The minimum Gasteiger partial charge on any atom is -0.297 e. The minimum atomic E-state index is -0.279. The van der Waals surface area contributed by atoms with Crippen molar-refractivity contribution < 1.29 is 9.18 Å². The molecule has 3 aromatic rings. The lowest BCUT2D eigenvalue weighted by molar-refractivity contribution is 0.103. The number of benzene rings is 1. The molecule has 0 saturated heterocycles. The third kappa shape index (κ3) is 3.08. The van der Waals surface area contributed by atoms with Gasteiger partial charge in [0.25, 0.3) is 5.91 Å². The van der Waals surface area contributed by atoms with Crippen LogP contribution in [0.5, 0.6) is 0 Å². The Morgan fingerprint density at radius 1 is 1.09 bits per heavy atom. The predicted molar refractivity (Wildman–Crippen MR) is 89.3 cm³/mol. The lowest BCUT2D eigenvalue weighted by Gasteiger charge is -1.99. The molecule has 0 aliphatic carbocycles. The van der Waals surface area contributed by atoms with E-state index in [-0.39, 0.29) is 11.7 Å². The van der Waals surface area contributed by atoms with Crippen LogP contribution in [0.2, 0.25) is 0 Å². The van der Waals surface area contributed by atoms with Crippen LogP contribution in [0.1, 0.15) is 19.4 Å². The highest BCUT2D eigenvalue weighted by Crippen LogP contribution is 2.31. The number of amides is 1. The summed E-state index contributed by atoms with van der Waals surface area (Å²) in [6.07, 6.45) is 0. The molecule has 2 aromatic heterocycles. The first-order valence-corrected chi connectivity index (χ1v) is 8.27. The summed E-state index contributed by atoms with van der Waals surface area (Å²) in [5.41, 5.74) is 1.60. The Morgan fingerprint density at radius 2 is 1.82 bits per heavy atom. The Kier molecular flexibility index (Phi) is 4.04. The molecule has 0 aliphatic heterocycles. The van der Waals surface area contributed by atoms with Crippen LogP contribution in [-0.4, -0.2) is 10.9 Å². The number of hydrogen-bond acceptors (Lipinski definition) is 4. The van der Waals surface area contributed by atoms with E-state index in [1.165, 1.54) is 34.8 Å². The van der Waals surface area contributed by atoms with E-state index in [1.54, 1.807) is 18.2 Å². The molecule has 112 valence electrons. The van der Waals surface area contributed by atoms with E-state index in [1.807, 2.05) is 19.9 Å². The second-order valence-corrected chi connectivity index (χ2v) is 7.29. The normalized spacial score (nSPS) is 10.7. The van der Waals surface area contributed by atoms with Gasteiger partial charge in [-0.15, -0.1) is 22.7 Å². The number of carbonyl (C=O) groups is 1. The van der Waals surface area contributed by atoms with Gasteiger partial charge >= 0.3 is 0 Å². The van der Waals surface area contributed by atoms with Crippen LogP contribution < -0.4 is 5.32 Å². The van der Waals surface area contributed by atoms with Gasteiger partial charge in [0.2, 0.25) is 0 Å². The maximum absolute atomic E-state index is 13.0. The molecule has 0 aliphatic rings. The Morgan fingerprint density at radius 3 is 2.45 bits per heavy atom. The highest BCUT2D eigenvalue weighted by atomic mass is 32.1. The molecule has 22 heavy (non-hydrogen) atoms. The van der Waals surface area contributed by atoms with Crippen molar-refractivity contribution in [2.45, 2.75) is 13.8 Å². The van der Waals surface area contributed by atoms with Gasteiger partial charge in [-0.3, -0.25) is 10.1 Å². The van der Waals surface area contributed by atoms with Gasteiger partial charge in [0, 0.05) is 15.3 Å². The van der Waals surface area contributed by atoms with Crippen LogP contribution in [0, 0.1) is 19.7 Å². The molecule has 0 unspecified atom stereocenters.